The van der Waals surface area contributed by atoms with Gasteiger partial charge >= 0.3 is 5.97 Å². The van der Waals surface area contributed by atoms with Crippen LogP contribution >= 0.6 is 0 Å². The molecule has 18 nitrogen and oxygen atoms in total. The second-order valence-corrected chi connectivity index (χ2v) is 33.1. The van der Waals surface area contributed by atoms with E-state index in [0.29, 0.717) is 49.6 Å². The topological polar surface area (TPSA) is 268 Å². The second kappa shape index (κ2) is 34.8. The van der Waals surface area contributed by atoms with Crippen LogP contribution in [0.15, 0.2) is 84.9 Å². The van der Waals surface area contributed by atoms with Crippen molar-refractivity contribution >= 4 is 17.3 Å². The van der Waals surface area contributed by atoms with Gasteiger partial charge in [0.2, 0.25) is 12.6 Å². The summed E-state index contributed by atoms with van der Waals surface area (Å²) in [4.78, 5) is 11.3. The Hall–Kier alpha value is -4.93. The fraction of sp³-hybridized carbons (Fsp3) is 0.667. The predicted octanol–water partition coefficient (Wildman–Crippen LogP) is 13.0. The van der Waals surface area contributed by atoms with Crippen LogP contribution in [0.25, 0.3) is 0 Å². The van der Waals surface area contributed by atoms with Crippen molar-refractivity contribution in [2.75, 3.05) is 17.2 Å². The van der Waals surface area contributed by atoms with Gasteiger partial charge in [-0.05, 0) is 221 Å². The van der Waals surface area contributed by atoms with Crippen LogP contribution < -0.4 is 20.1 Å². The number of aliphatic carboxylic acids is 1. The third kappa shape index (κ3) is 33.1. The number of carbonyl (C=O) groups is 1. The van der Waals surface area contributed by atoms with Crippen molar-refractivity contribution in [3.63, 3.8) is 0 Å². The van der Waals surface area contributed by atoms with Crippen molar-refractivity contribution in [3.05, 3.63) is 118 Å². The first-order valence-corrected chi connectivity index (χ1v) is 32.3. The molecule has 2 aliphatic heterocycles. The number of nitrogens with one attached hydrogen (secondary N) is 2. The van der Waals surface area contributed by atoms with Crippen molar-refractivity contribution in [2.45, 2.75) is 302 Å². The number of hydrogen-bond acceptors (Lipinski definition) is 17. The molecule has 4 aromatic carbocycles. The van der Waals surface area contributed by atoms with E-state index in [1.54, 1.807) is 12.1 Å². The molecule has 4 aromatic rings. The summed E-state index contributed by atoms with van der Waals surface area (Å²) in [6, 6.07) is 28.4. The third-order valence-corrected chi connectivity index (χ3v) is 13.5. The number of aliphatic hydroxyl groups is 7. The van der Waals surface area contributed by atoms with Crippen molar-refractivity contribution in [3.8, 4) is 11.5 Å². The highest BCUT2D eigenvalue weighted by Crippen LogP contribution is 2.35. The van der Waals surface area contributed by atoms with Crippen LogP contribution in [-0.4, -0.2) is 143 Å². The molecule has 2 saturated heterocycles. The number of rotatable bonds is 17. The average Bonchev–Trinajstić information content (AvgIpc) is 0.825. The molecule has 2 fully saturated rings. The quantitative estimate of drug-likeness (QED) is 0.0471. The van der Waals surface area contributed by atoms with Gasteiger partial charge in [-0.1, -0.05) is 106 Å². The summed E-state index contributed by atoms with van der Waals surface area (Å²) >= 11 is 0. The van der Waals surface area contributed by atoms with Gasteiger partial charge in [-0.2, -0.15) is 0 Å². The number of carboxylic acids is 1. The highest BCUT2D eigenvalue weighted by atomic mass is 16.7. The maximum absolute atomic E-state index is 11.3. The zero-order chi connectivity index (χ0) is 70.3. The molecular weight excluding hydrogens is 1180 g/mol. The Kier molecular flexibility index (Phi) is 31.5. The molecule has 10 N–H and O–H groups in total. The number of aliphatic hydroxyl groups excluding tert-OH is 7. The van der Waals surface area contributed by atoms with Crippen LogP contribution in [0.5, 0.6) is 11.5 Å². The Morgan fingerprint density at radius 2 is 0.742 bits per heavy atom. The molecule has 0 amide bonds. The maximum atomic E-state index is 11.3. The molecule has 93 heavy (non-hydrogen) atoms. The van der Waals surface area contributed by atoms with E-state index in [1.165, 1.54) is 16.8 Å². The minimum absolute atomic E-state index is 0. The number of benzene rings is 4. The lowest BCUT2D eigenvalue weighted by Crippen LogP contribution is -2.61. The van der Waals surface area contributed by atoms with E-state index in [4.69, 9.17) is 33.2 Å². The molecule has 0 saturated carbocycles. The lowest BCUT2D eigenvalue weighted by atomic mass is 9.87. The van der Waals surface area contributed by atoms with Gasteiger partial charge in [0.1, 0.15) is 54.2 Å². The monoisotopic (exact) mass is 1310 g/mol. The second-order valence-electron chi connectivity index (χ2n) is 33.1. The van der Waals surface area contributed by atoms with Crippen molar-refractivity contribution in [1.82, 2.24) is 0 Å². The Morgan fingerprint density at radius 1 is 0.419 bits per heavy atom. The van der Waals surface area contributed by atoms with Crippen molar-refractivity contribution in [1.29, 1.82) is 0 Å². The van der Waals surface area contributed by atoms with Gasteiger partial charge in [0, 0.05) is 22.5 Å². The van der Waals surface area contributed by atoms with Crippen LogP contribution in [0.4, 0.5) is 11.4 Å². The molecule has 0 bridgehead atoms. The van der Waals surface area contributed by atoms with Crippen molar-refractivity contribution in [2.24, 2.45) is 16.2 Å². The molecule has 2 aliphatic rings. The lowest BCUT2D eigenvalue weighted by Gasteiger charge is -2.39. The van der Waals surface area contributed by atoms with Crippen LogP contribution in [0, 0.1) is 16.2 Å². The smallest absolute Gasteiger partial charge is 0.335 e. The molecule has 2 heterocycles. The minimum atomic E-state index is -1.76. The van der Waals surface area contributed by atoms with E-state index in [1.807, 2.05) is 65.8 Å². The van der Waals surface area contributed by atoms with Crippen LogP contribution in [0.1, 0.15) is 207 Å². The largest absolute Gasteiger partial charge is 0.479 e. The molecule has 0 radical (unpaired) electrons. The van der Waals surface area contributed by atoms with Gasteiger partial charge in [-0.3, -0.25) is 0 Å². The van der Waals surface area contributed by atoms with E-state index >= 15 is 0 Å². The summed E-state index contributed by atoms with van der Waals surface area (Å²) in [6.07, 6.45) is -12.3. The first-order valence-electron chi connectivity index (χ1n) is 32.3. The van der Waals surface area contributed by atoms with Crippen molar-refractivity contribution < 1.29 is 78.8 Å². The van der Waals surface area contributed by atoms with Gasteiger partial charge in [-0.25, -0.2) is 4.79 Å². The van der Waals surface area contributed by atoms with Gasteiger partial charge in [0.15, 0.2) is 6.10 Å². The highest BCUT2D eigenvalue weighted by molar-refractivity contribution is 5.73. The van der Waals surface area contributed by atoms with E-state index in [-0.39, 0.29) is 46.1 Å². The van der Waals surface area contributed by atoms with E-state index in [2.05, 4.69) is 184 Å². The Labute approximate surface area is 559 Å². The molecule has 0 aliphatic carbocycles. The summed E-state index contributed by atoms with van der Waals surface area (Å²) in [6.45, 7) is 51.5. The Morgan fingerprint density at radius 3 is 1.06 bits per heavy atom. The average molecular weight is 1310 g/mol. The number of hydrogen-bond donors (Lipinski definition) is 10. The molecule has 0 aromatic heterocycles. The normalized spacial score (nSPS) is 22.3. The fourth-order valence-electron chi connectivity index (χ4n) is 9.43. The van der Waals surface area contributed by atoms with E-state index in [0.717, 1.165) is 34.4 Å². The summed E-state index contributed by atoms with van der Waals surface area (Å²) in [5.74, 6) is -0.531. The number of carboxylic acid groups (broad SMARTS) is 1. The molecule has 0 spiro atoms. The van der Waals surface area contributed by atoms with Gasteiger partial charge in [0.05, 0.1) is 43.2 Å². The number of ether oxygens (including phenoxy) is 7. The highest BCUT2D eigenvalue weighted by Gasteiger charge is 2.49. The third-order valence-electron chi connectivity index (χ3n) is 13.5. The molecule has 10 unspecified atom stereocenters. The standard InChI is InChI=1S/C22H34O8.C22H36O7.C15H25NO.C15H25N.CH4/c1-21(2,3)10-13-9-12(11-28-22(4,5)6)7-8-14(13)29-20-17(25)15(23)16(24)18(30-20)19(26)27;1-21(2,3)10-14-9-13(12-27-22(4,5)6)7-8-15(14)28-20-19(26)18(25)17(24)16(11-23)29-20;1-14(2,3)16-13-9-7-12(8-10-13)11-17-15(4,5)6;1-14(2,3)11-12-7-9-13(10-8-12)16-15(4,5)6;/h7-9,15-18,20,23-25H,10-11H2,1-6H3,(H,26,27);7-9,16-20,23-26H,10-12H2,1-6H3;7-10,16H,11H2,1-6H3;7-10,16H,11H2,1-6H3;1H4. The summed E-state index contributed by atoms with van der Waals surface area (Å²) in [7, 11) is 0. The molecule has 10 atom stereocenters. The van der Waals surface area contributed by atoms with Crippen LogP contribution in [0.3, 0.4) is 0 Å². The predicted molar refractivity (Wildman–Crippen MR) is 372 cm³/mol. The summed E-state index contributed by atoms with van der Waals surface area (Å²) in [5.41, 5.74) is 8.54. The SMILES string of the molecule is C.CC(C)(C)Cc1cc(COC(C)(C)C)ccc1OC1OC(C(=O)O)C(O)C(O)C1O.CC(C)(C)Cc1cc(COC(C)(C)C)ccc1OC1OC(CO)C(O)C(O)C1O.CC(C)(C)Cc1ccc(NC(C)(C)C)cc1.CC(C)(C)Nc1ccc(COC(C)(C)C)cc1. The van der Waals surface area contributed by atoms with Gasteiger partial charge in [0.25, 0.3) is 0 Å². The van der Waals surface area contributed by atoms with Gasteiger partial charge in [-0.15, -0.1) is 0 Å². The zero-order valence-electron chi connectivity index (χ0n) is 60.1. The molecule has 18 heteroatoms. The molecular formula is C75H124N2O16. The molecule has 6 rings (SSSR count). The van der Waals surface area contributed by atoms with E-state index < -0.39 is 74.0 Å². The number of anilines is 2. The first-order chi connectivity index (χ1) is 41.8. The molecule has 530 valence electrons. The Balaban J connectivity index is 0.000000436. The first kappa shape index (κ1) is 84.2. The Bertz CT molecular complexity index is 2790. The summed E-state index contributed by atoms with van der Waals surface area (Å²) in [5, 5.41) is 85.8. The van der Waals surface area contributed by atoms with E-state index in [9.17, 15) is 45.6 Å². The maximum Gasteiger partial charge on any atom is 0.335 e. The lowest BCUT2D eigenvalue weighted by molar-refractivity contribution is -0.277. The van der Waals surface area contributed by atoms with Crippen LogP contribution in [-0.2, 0) is 67.6 Å². The summed E-state index contributed by atoms with van der Waals surface area (Å²) < 4.78 is 39.9. The minimum Gasteiger partial charge on any atom is -0.479 e. The van der Waals surface area contributed by atoms with Crippen LogP contribution in [0.2, 0.25) is 0 Å². The van der Waals surface area contributed by atoms with Gasteiger partial charge < -0.3 is 84.6 Å². The fourth-order valence-corrected chi connectivity index (χ4v) is 9.43. The zero-order valence-corrected chi connectivity index (χ0v) is 60.1.